The van der Waals surface area contributed by atoms with Gasteiger partial charge in [0, 0.05) is 10.6 Å². The van der Waals surface area contributed by atoms with E-state index in [-0.39, 0.29) is 0 Å². The Morgan fingerprint density at radius 3 is 2.69 bits per heavy atom. The molecule has 3 rings (SSSR count). The van der Waals surface area contributed by atoms with Crippen molar-refractivity contribution in [2.75, 3.05) is 12.4 Å². The van der Waals surface area contributed by atoms with E-state index in [0.29, 0.717) is 28.0 Å². The number of ether oxygens (including phenoxy) is 1. The second-order valence-electron chi connectivity index (χ2n) is 6.07. The lowest BCUT2D eigenvalue weighted by Gasteiger charge is -2.10. The Morgan fingerprint density at radius 1 is 1.10 bits per heavy atom. The van der Waals surface area contributed by atoms with Gasteiger partial charge in [0.15, 0.2) is 0 Å². The Morgan fingerprint density at radius 2 is 1.93 bits per heavy atom. The number of hydrazone groups is 1. The fourth-order valence-corrected chi connectivity index (χ4v) is 2.71. The lowest BCUT2D eigenvalue weighted by Crippen LogP contribution is -2.32. The predicted octanol–water partition coefficient (Wildman–Crippen LogP) is 4.01. The number of aryl methyl sites for hydroxylation is 1. The molecular weight excluding hydrogens is 394 g/mol. The third-order valence-corrected chi connectivity index (χ3v) is 4.14. The first-order valence-corrected chi connectivity index (χ1v) is 8.99. The lowest BCUT2D eigenvalue weighted by molar-refractivity contribution is -0.136. The molecule has 0 aliphatic carbocycles. The largest absolute Gasteiger partial charge is 0.495 e. The van der Waals surface area contributed by atoms with Gasteiger partial charge in [-0.25, -0.2) is 5.43 Å². The third-order valence-electron chi connectivity index (χ3n) is 3.90. The molecule has 2 N–H and O–H groups in total. The van der Waals surface area contributed by atoms with Crippen molar-refractivity contribution in [2.24, 2.45) is 5.10 Å². The number of benzene rings is 2. The lowest BCUT2D eigenvalue weighted by atomic mass is 10.2. The van der Waals surface area contributed by atoms with Crippen LogP contribution >= 0.6 is 11.6 Å². The summed E-state index contributed by atoms with van der Waals surface area (Å²) >= 11 is 5.97. The zero-order valence-corrected chi connectivity index (χ0v) is 16.5. The molecular formula is C21H18ClN3O4. The van der Waals surface area contributed by atoms with Crippen LogP contribution in [0.15, 0.2) is 64.1 Å². The average Bonchev–Trinajstić information content (AvgIpc) is 3.17. The summed E-state index contributed by atoms with van der Waals surface area (Å²) in [5.41, 5.74) is 4.28. The molecule has 0 aliphatic heterocycles. The highest BCUT2D eigenvalue weighted by Crippen LogP contribution is 2.25. The average molecular weight is 412 g/mol. The van der Waals surface area contributed by atoms with E-state index in [9.17, 15) is 9.59 Å². The van der Waals surface area contributed by atoms with Crippen LogP contribution in [0.3, 0.4) is 0 Å². The van der Waals surface area contributed by atoms with Gasteiger partial charge in [-0.1, -0.05) is 29.8 Å². The number of nitrogens with one attached hydrogen (secondary N) is 2. The monoisotopic (exact) mass is 411 g/mol. The molecule has 148 valence electrons. The standard InChI is InChI=1S/C21H18ClN3O4/c1-13-6-8-19(28-2)17(10-13)24-20(26)21(27)25-23-12-16-7-9-18(29-16)14-4-3-5-15(22)11-14/h3-12H,1-2H3,(H,24,26)(H,25,27)/b23-12+. The summed E-state index contributed by atoms with van der Waals surface area (Å²) < 4.78 is 10.8. The molecule has 29 heavy (non-hydrogen) atoms. The zero-order valence-electron chi connectivity index (χ0n) is 15.7. The van der Waals surface area contributed by atoms with Crippen molar-refractivity contribution in [3.63, 3.8) is 0 Å². The van der Waals surface area contributed by atoms with Gasteiger partial charge in [0.05, 0.1) is 19.0 Å². The number of rotatable bonds is 5. The minimum absolute atomic E-state index is 0.397. The van der Waals surface area contributed by atoms with E-state index < -0.39 is 11.8 Å². The molecule has 0 saturated heterocycles. The van der Waals surface area contributed by atoms with Gasteiger partial charge >= 0.3 is 11.8 Å². The van der Waals surface area contributed by atoms with Crippen molar-refractivity contribution in [2.45, 2.75) is 6.92 Å². The normalized spacial score (nSPS) is 10.7. The Balaban J connectivity index is 1.60. The SMILES string of the molecule is COc1ccc(C)cc1NC(=O)C(=O)N/N=C/c1ccc(-c2cccc(Cl)c2)o1. The Kier molecular flexibility index (Phi) is 6.31. The smallest absolute Gasteiger partial charge is 0.329 e. The van der Waals surface area contributed by atoms with Crippen LogP contribution in [0.5, 0.6) is 5.75 Å². The van der Waals surface area contributed by atoms with E-state index in [1.54, 1.807) is 36.4 Å². The Labute approximate surface area is 172 Å². The quantitative estimate of drug-likeness (QED) is 0.377. The topological polar surface area (TPSA) is 92.9 Å². The molecule has 1 heterocycles. The van der Waals surface area contributed by atoms with Crippen LogP contribution in [0, 0.1) is 6.92 Å². The molecule has 0 fully saturated rings. The zero-order chi connectivity index (χ0) is 20.8. The Bertz CT molecular complexity index is 1080. The summed E-state index contributed by atoms with van der Waals surface area (Å²) in [4.78, 5) is 24.0. The summed E-state index contributed by atoms with van der Waals surface area (Å²) in [6, 6.07) is 15.9. The first kappa shape index (κ1) is 20.2. The minimum atomic E-state index is -0.925. The van der Waals surface area contributed by atoms with Crippen molar-refractivity contribution in [3.05, 3.63) is 70.9 Å². The van der Waals surface area contributed by atoms with Gasteiger partial charge in [0.2, 0.25) is 0 Å². The number of carbonyl (C=O) groups is 2. The minimum Gasteiger partial charge on any atom is -0.495 e. The van der Waals surface area contributed by atoms with Crippen LogP contribution in [-0.2, 0) is 9.59 Å². The number of hydrogen-bond acceptors (Lipinski definition) is 5. The van der Waals surface area contributed by atoms with Crippen molar-refractivity contribution >= 4 is 35.3 Å². The summed E-state index contributed by atoms with van der Waals surface area (Å²) in [7, 11) is 1.48. The number of nitrogens with zero attached hydrogens (tertiary/aromatic N) is 1. The van der Waals surface area contributed by atoms with Crippen molar-refractivity contribution in [1.82, 2.24) is 5.43 Å². The maximum absolute atomic E-state index is 12.1. The molecule has 0 aliphatic rings. The number of methoxy groups -OCH3 is 1. The summed E-state index contributed by atoms with van der Waals surface area (Å²) in [6.07, 6.45) is 1.30. The molecule has 0 atom stereocenters. The number of hydrogen-bond donors (Lipinski definition) is 2. The van der Waals surface area contributed by atoms with E-state index in [1.165, 1.54) is 13.3 Å². The van der Waals surface area contributed by atoms with E-state index in [2.05, 4.69) is 15.8 Å². The molecule has 0 unspecified atom stereocenters. The van der Waals surface area contributed by atoms with Gasteiger partial charge in [-0.3, -0.25) is 9.59 Å². The molecule has 0 saturated carbocycles. The molecule has 1 aromatic heterocycles. The maximum Gasteiger partial charge on any atom is 0.329 e. The molecule has 0 spiro atoms. The van der Waals surface area contributed by atoms with E-state index in [4.69, 9.17) is 20.8 Å². The van der Waals surface area contributed by atoms with Crippen LogP contribution in [0.4, 0.5) is 5.69 Å². The summed E-state index contributed by atoms with van der Waals surface area (Å²) in [6.45, 7) is 1.86. The van der Waals surface area contributed by atoms with Crippen molar-refractivity contribution in [3.8, 4) is 17.1 Å². The number of furan rings is 1. The highest BCUT2D eigenvalue weighted by Gasteiger charge is 2.15. The van der Waals surface area contributed by atoms with Crippen molar-refractivity contribution in [1.29, 1.82) is 0 Å². The van der Waals surface area contributed by atoms with Gasteiger partial charge < -0.3 is 14.5 Å². The van der Waals surface area contributed by atoms with E-state index in [0.717, 1.165) is 11.1 Å². The van der Waals surface area contributed by atoms with E-state index >= 15 is 0 Å². The first-order valence-electron chi connectivity index (χ1n) is 8.61. The van der Waals surface area contributed by atoms with Crippen LogP contribution in [0.25, 0.3) is 11.3 Å². The molecule has 2 aromatic carbocycles. The van der Waals surface area contributed by atoms with Crippen LogP contribution in [-0.4, -0.2) is 25.1 Å². The van der Waals surface area contributed by atoms with E-state index in [1.807, 2.05) is 25.1 Å². The van der Waals surface area contributed by atoms with Crippen LogP contribution in [0.1, 0.15) is 11.3 Å². The number of halogens is 1. The Hall–Kier alpha value is -3.58. The highest BCUT2D eigenvalue weighted by atomic mass is 35.5. The molecule has 0 bridgehead atoms. The fraction of sp³-hybridized carbons (Fsp3) is 0.0952. The number of amides is 2. The summed E-state index contributed by atoms with van der Waals surface area (Å²) in [5, 5.41) is 6.84. The highest BCUT2D eigenvalue weighted by molar-refractivity contribution is 6.39. The summed E-state index contributed by atoms with van der Waals surface area (Å²) in [5.74, 6) is -0.341. The van der Waals surface area contributed by atoms with Crippen LogP contribution < -0.4 is 15.5 Å². The van der Waals surface area contributed by atoms with Gasteiger partial charge in [0.25, 0.3) is 0 Å². The maximum atomic E-state index is 12.1. The number of anilines is 1. The molecule has 7 nitrogen and oxygen atoms in total. The van der Waals surface area contributed by atoms with Crippen LogP contribution in [0.2, 0.25) is 5.02 Å². The van der Waals surface area contributed by atoms with Gasteiger partial charge in [-0.05, 0) is 48.9 Å². The predicted molar refractivity (Wildman–Crippen MR) is 111 cm³/mol. The second kappa shape index (κ2) is 9.07. The molecule has 2 amide bonds. The fourth-order valence-electron chi connectivity index (χ4n) is 2.52. The third kappa shape index (κ3) is 5.24. The van der Waals surface area contributed by atoms with Crippen molar-refractivity contribution < 1.29 is 18.7 Å². The number of carbonyl (C=O) groups excluding carboxylic acids is 2. The molecule has 8 heteroatoms. The molecule has 3 aromatic rings. The van der Waals surface area contributed by atoms with Gasteiger partial charge in [0.1, 0.15) is 17.3 Å². The second-order valence-corrected chi connectivity index (χ2v) is 6.51. The first-order chi connectivity index (χ1) is 14.0. The van der Waals surface area contributed by atoms with Gasteiger partial charge in [-0.2, -0.15) is 5.10 Å². The molecule has 0 radical (unpaired) electrons. The van der Waals surface area contributed by atoms with Gasteiger partial charge in [-0.15, -0.1) is 0 Å².